The molecule has 2 unspecified atom stereocenters. The van der Waals surface area contributed by atoms with Crippen molar-refractivity contribution in [2.75, 3.05) is 40.9 Å². The van der Waals surface area contributed by atoms with Crippen LogP contribution in [0.4, 0.5) is 0 Å². The topological polar surface area (TPSA) is 45.2 Å². The van der Waals surface area contributed by atoms with Crippen LogP contribution in [0.3, 0.4) is 0 Å². The zero-order valence-electron chi connectivity index (χ0n) is 23.5. The third-order valence-electron chi connectivity index (χ3n) is 8.20. The van der Waals surface area contributed by atoms with Gasteiger partial charge in [-0.2, -0.15) is 0 Å². The van der Waals surface area contributed by atoms with E-state index >= 15 is 0 Å². The molecule has 0 aromatic heterocycles. The van der Waals surface area contributed by atoms with Gasteiger partial charge in [0, 0.05) is 31.6 Å². The molecule has 4 rings (SSSR count). The third-order valence-corrected chi connectivity index (χ3v) is 8.20. The molecule has 0 fully saturated rings. The van der Waals surface area contributed by atoms with E-state index in [0.29, 0.717) is 17.6 Å². The summed E-state index contributed by atoms with van der Waals surface area (Å²) >= 11 is 0. The number of methoxy groups -OCH3 is 2. The molecular formula is C33H44N2O3. The van der Waals surface area contributed by atoms with E-state index in [4.69, 9.17) is 9.47 Å². The first kappa shape index (κ1) is 28.0. The minimum Gasteiger partial charge on any atom is -0.508 e. The van der Waals surface area contributed by atoms with Gasteiger partial charge in [-0.25, -0.2) is 0 Å². The molecule has 0 saturated heterocycles. The van der Waals surface area contributed by atoms with E-state index in [9.17, 15) is 5.11 Å². The number of phenols is 1. The fourth-order valence-corrected chi connectivity index (χ4v) is 6.01. The summed E-state index contributed by atoms with van der Waals surface area (Å²) in [5.74, 6) is 2.80. The number of nitrogens with zero attached hydrogens (tertiary/aromatic N) is 2. The number of ether oxygens (including phenoxy) is 2. The van der Waals surface area contributed by atoms with Crippen LogP contribution in [0, 0.1) is 11.8 Å². The second-order valence-corrected chi connectivity index (χ2v) is 10.7. The van der Waals surface area contributed by atoms with E-state index in [0.717, 1.165) is 63.4 Å². The van der Waals surface area contributed by atoms with Gasteiger partial charge in [0.2, 0.25) is 0 Å². The molecule has 5 nitrogen and oxygen atoms in total. The molecule has 38 heavy (non-hydrogen) atoms. The van der Waals surface area contributed by atoms with E-state index in [1.165, 1.54) is 22.3 Å². The number of aryl methyl sites for hydroxylation is 1. The van der Waals surface area contributed by atoms with Crippen molar-refractivity contribution in [3.05, 3.63) is 101 Å². The van der Waals surface area contributed by atoms with E-state index in [1.807, 2.05) is 18.2 Å². The summed E-state index contributed by atoms with van der Waals surface area (Å²) in [5, 5.41) is 9.95. The van der Waals surface area contributed by atoms with Crippen LogP contribution in [0.15, 0.2) is 78.8 Å². The molecule has 2 aromatic rings. The Hall–Kier alpha value is -3.02. The van der Waals surface area contributed by atoms with E-state index in [-0.39, 0.29) is 6.04 Å². The third kappa shape index (κ3) is 6.69. The average Bonchev–Trinajstić information content (AvgIpc) is 2.94. The van der Waals surface area contributed by atoms with Gasteiger partial charge in [0.15, 0.2) is 11.5 Å². The summed E-state index contributed by atoms with van der Waals surface area (Å²) in [5.41, 5.74) is 5.32. The number of aromatic hydroxyl groups is 1. The first-order chi connectivity index (χ1) is 18.4. The molecule has 2 aliphatic carbocycles. The zero-order chi connectivity index (χ0) is 27.1. The Balaban J connectivity index is 1.52. The Morgan fingerprint density at radius 3 is 2.39 bits per heavy atom. The highest BCUT2D eigenvalue weighted by atomic mass is 16.5. The van der Waals surface area contributed by atoms with Crippen molar-refractivity contribution >= 4 is 0 Å². The number of phenolic OH excluding ortho intramolecular Hbond substituents is 1. The monoisotopic (exact) mass is 516 g/mol. The first-order valence-corrected chi connectivity index (χ1v) is 13.9. The Kier molecular flexibility index (Phi) is 9.70. The van der Waals surface area contributed by atoms with Gasteiger partial charge in [-0.1, -0.05) is 43.3 Å². The Morgan fingerprint density at radius 2 is 1.71 bits per heavy atom. The molecule has 0 aliphatic heterocycles. The highest BCUT2D eigenvalue weighted by Crippen LogP contribution is 2.39. The molecule has 5 heteroatoms. The average molecular weight is 517 g/mol. The van der Waals surface area contributed by atoms with Crippen molar-refractivity contribution in [3.8, 4) is 5.75 Å². The van der Waals surface area contributed by atoms with Crippen molar-refractivity contribution in [2.45, 2.75) is 45.2 Å². The van der Waals surface area contributed by atoms with Gasteiger partial charge in [-0.3, -0.25) is 4.90 Å². The van der Waals surface area contributed by atoms with Crippen LogP contribution in [0.5, 0.6) is 5.75 Å². The molecule has 2 aromatic carbocycles. The summed E-state index contributed by atoms with van der Waals surface area (Å²) in [4.78, 5) is 4.85. The van der Waals surface area contributed by atoms with Gasteiger partial charge in [0.05, 0.1) is 14.2 Å². The predicted octanol–water partition coefficient (Wildman–Crippen LogP) is 5.74. The first-order valence-electron chi connectivity index (χ1n) is 13.9. The molecule has 0 spiro atoms. The lowest BCUT2D eigenvalue weighted by Crippen LogP contribution is -2.44. The maximum atomic E-state index is 9.95. The smallest absolute Gasteiger partial charge is 0.158 e. The second-order valence-electron chi connectivity index (χ2n) is 10.7. The standard InChI is InChI=1S/C33H44N2O3/c1-6-17-34(3)18-16-24-8-10-25(11-9-24)23-35(7-2)31-22-33(38-5)32(37-4)21-30(31)28-13-12-27-20-29(36)15-14-26(27)19-28/h6,8-11,14-15,20-22,28,30-31,36H,1,7,12-13,16-19,23H2,2-5H3/t28-,30?,31?/m1/s1. The van der Waals surface area contributed by atoms with E-state index in [1.54, 1.807) is 14.2 Å². The van der Waals surface area contributed by atoms with Crippen molar-refractivity contribution < 1.29 is 14.6 Å². The fraction of sp³-hybridized carbons (Fsp3) is 0.455. The molecule has 0 heterocycles. The molecule has 0 amide bonds. The van der Waals surface area contributed by atoms with Crippen LogP contribution in [-0.2, 0) is 35.3 Å². The minimum absolute atomic E-state index is 0.213. The highest BCUT2D eigenvalue weighted by Gasteiger charge is 2.36. The van der Waals surface area contributed by atoms with Gasteiger partial charge in [-0.15, -0.1) is 6.58 Å². The maximum absolute atomic E-state index is 9.95. The SMILES string of the molecule is C=CCN(C)CCc1ccc(CN(CC)C2C=C(OC)C(OC)=CC2[C@@H]2CCc3cc(O)ccc3C2)cc1. The second kappa shape index (κ2) is 13.2. The summed E-state index contributed by atoms with van der Waals surface area (Å²) in [7, 11) is 5.58. The van der Waals surface area contributed by atoms with E-state index in [2.05, 4.69) is 72.8 Å². The largest absolute Gasteiger partial charge is 0.508 e. The van der Waals surface area contributed by atoms with Gasteiger partial charge in [0.1, 0.15) is 5.75 Å². The fourth-order valence-electron chi connectivity index (χ4n) is 6.01. The molecule has 0 bridgehead atoms. The molecule has 3 atom stereocenters. The number of rotatable bonds is 12. The van der Waals surface area contributed by atoms with Gasteiger partial charge < -0.3 is 19.5 Å². The van der Waals surface area contributed by atoms with Crippen LogP contribution in [0.2, 0.25) is 0 Å². The van der Waals surface area contributed by atoms with Crippen LogP contribution in [-0.4, -0.2) is 61.8 Å². The Labute approximate surface area is 229 Å². The van der Waals surface area contributed by atoms with Crippen LogP contribution < -0.4 is 0 Å². The normalized spacial score (nSPS) is 21.1. The molecule has 1 N–H and O–H groups in total. The number of hydrogen-bond acceptors (Lipinski definition) is 5. The number of benzene rings is 2. The molecular weight excluding hydrogens is 472 g/mol. The van der Waals surface area contributed by atoms with Gasteiger partial charge >= 0.3 is 0 Å². The van der Waals surface area contributed by atoms with Crippen LogP contribution in [0.1, 0.15) is 35.6 Å². The van der Waals surface area contributed by atoms with Crippen LogP contribution >= 0.6 is 0 Å². The van der Waals surface area contributed by atoms with Crippen molar-refractivity contribution in [3.63, 3.8) is 0 Å². The lowest BCUT2D eigenvalue weighted by Gasteiger charge is -2.41. The Bertz CT molecular complexity index is 1140. The van der Waals surface area contributed by atoms with Crippen molar-refractivity contribution in [1.82, 2.24) is 9.80 Å². The summed E-state index contributed by atoms with van der Waals surface area (Å²) in [6, 6.07) is 15.2. The van der Waals surface area contributed by atoms with E-state index < -0.39 is 0 Å². The van der Waals surface area contributed by atoms with Crippen LogP contribution in [0.25, 0.3) is 0 Å². The predicted molar refractivity (Wildman–Crippen MR) is 155 cm³/mol. The molecule has 0 saturated carbocycles. The summed E-state index contributed by atoms with van der Waals surface area (Å²) in [6.45, 7) is 9.84. The highest BCUT2D eigenvalue weighted by molar-refractivity contribution is 5.38. The minimum atomic E-state index is 0.213. The molecule has 0 radical (unpaired) electrons. The number of fused-ring (bicyclic) bond motifs is 1. The van der Waals surface area contributed by atoms with Gasteiger partial charge in [-0.05, 0) is 91.7 Å². The number of hydrogen-bond donors (Lipinski definition) is 1. The lowest BCUT2D eigenvalue weighted by atomic mass is 9.72. The van der Waals surface area contributed by atoms with Crippen molar-refractivity contribution in [1.29, 1.82) is 0 Å². The quantitative estimate of drug-likeness (QED) is 0.365. The zero-order valence-corrected chi connectivity index (χ0v) is 23.5. The Morgan fingerprint density at radius 1 is 1.00 bits per heavy atom. The van der Waals surface area contributed by atoms with Gasteiger partial charge in [0.25, 0.3) is 0 Å². The summed E-state index contributed by atoms with van der Waals surface area (Å²) < 4.78 is 11.5. The molecule has 2 aliphatic rings. The number of likely N-dealkylation sites (N-methyl/N-ethyl adjacent to an activating group) is 2. The lowest BCUT2D eigenvalue weighted by molar-refractivity contribution is 0.132. The maximum Gasteiger partial charge on any atom is 0.158 e. The molecule has 204 valence electrons. The summed E-state index contributed by atoms with van der Waals surface area (Å²) in [6.07, 6.45) is 10.6. The van der Waals surface area contributed by atoms with Crippen molar-refractivity contribution in [2.24, 2.45) is 11.8 Å².